The molecule has 0 aliphatic carbocycles. The lowest BCUT2D eigenvalue weighted by atomic mass is 9.98. The molecule has 0 amide bonds. The van der Waals surface area contributed by atoms with Crippen molar-refractivity contribution in [1.82, 2.24) is 0 Å². The van der Waals surface area contributed by atoms with Crippen molar-refractivity contribution in [3.05, 3.63) is 83.2 Å². The van der Waals surface area contributed by atoms with E-state index in [1.165, 1.54) is 0 Å². The van der Waals surface area contributed by atoms with Crippen molar-refractivity contribution >= 4 is 0 Å². The Morgan fingerprint density at radius 1 is 0.600 bits per heavy atom. The van der Waals surface area contributed by atoms with Gasteiger partial charge in [-0.1, -0.05) is 31.2 Å². The Bertz CT molecular complexity index is 883. The van der Waals surface area contributed by atoms with E-state index in [0.717, 1.165) is 24.1 Å². The van der Waals surface area contributed by atoms with E-state index in [1.807, 2.05) is 19.1 Å². The zero-order valence-electron chi connectivity index (χ0n) is 13.2. The summed E-state index contributed by atoms with van der Waals surface area (Å²) in [6.45, 7) is 1.99. The molecule has 0 fully saturated rings. The fraction of sp³-hybridized carbons (Fsp3) is 0.100. The Morgan fingerprint density at radius 2 is 1.08 bits per heavy atom. The molecule has 0 heterocycles. The summed E-state index contributed by atoms with van der Waals surface area (Å²) in [5, 5.41) is 0. The molecular weight excluding hydrogens is 335 g/mol. The van der Waals surface area contributed by atoms with Gasteiger partial charge in [0.25, 0.3) is 0 Å². The number of aryl methyl sites for hydroxylation is 1. The fourth-order valence-corrected chi connectivity index (χ4v) is 2.65. The van der Waals surface area contributed by atoms with E-state index in [4.69, 9.17) is 0 Å². The first kappa shape index (κ1) is 17.1. The van der Waals surface area contributed by atoms with Crippen LogP contribution in [0.3, 0.4) is 0 Å². The number of hydrogen-bond donors (Lipinski definition) is 0. The Hall–Kier alpha value is -2.69. The largest absolute Gasteiger partial charge is 0.206 e. The maximum absolute atomic E-state index is 14.4. The molecule has 3 rings (SSSR count). The van der Waals surface area contributed by atoms with E-state index in [9.17, 15) is 22.0 Å². The van der Waals surface area contributed by atoms with E-state index in [-0.39, 0.29) is 0 Å². The van der Waals surface area contributed by atoms with E-state index in [1.54, 1.807) is 12.1 Å². The van der Waals surface area contributed by atoms with Gasteiger partial charge >= 0.3 is 0 Å². The summed E-state index contributed by atoms with van der Waals surface area (Å²) in [4.78, 5) is 0. The van der Waals surface area contributed by atoms with Crippen LogP contribution in [-0.2, 0) is 6.42 Å². The molecule has 0 aliphatic rings. The molecule has 0 N–H and O–H groups in total. The van der Waals surface area contributed by atoms with Crippen LogP contribution in [0.15, 0.2) is 48.5 Å². The highest BCUT2D eigenvalue weighted by Gasteiger charge is 2.18. The SMILES string of the molecule is CCc1ccc(-c2cc(F)c(-c3cc(F)c(F)c(F)c3)c(F)c2)cc1. The van der Waals surface area contributed by atoms with Crippen molar-refractivity contribution in [3.8, 4) is 22.3 Å². The van der Waals surface area contributed by atoms with Gasteiger partial charge in [-0.05, 0) is 52.9 Å². The van der Waals surface area contributed by atoms with Crippen molar-refractivity contribution in [2.75, 3.05) is 0 Å². The summed E-state index contributed by atoms with van der Waals surface area (Å²) in [6.07, 6.45) is 0.837. The standard InChI is InChI=1S/C20H13F5/c1-2-11-3-5-12(6-4-11)13-7-15(21)19(16(22)8-13)14-9-17(23)20(25)18(24)10-14/h3-10H,2H2,1H3. The Labute approximate surface area is 141 Å². The molecule has 0 saturated carbocycles. The minimum Gasteiger partial charge on any atom is -0.206 e. The van der Waals surface area contributed by atoms with Gasteiger partial charge in [-0.15, -0.1) is 0 Å². The average Bonchev–Trinajstić information content (AvgIpc) is 2.59. The van der Waals surface area contributed by atoms with Gasteiger partial charge in [-0.2, -0.15) is 0 Å². The van der Waals surface area contributed by atoms with Crippen LogP contribution in [0.2, 0.25) is 0 Å². The van der Waals surface area contributed by atoms with E-state index in [2.05, 4.69) is 0 Å². The van der Waals surface area contributed by atoms with Gasteiger partial charge in [0, 0.05) is 0 Å². The van der Waals surface area contributed by atoms with Crippen molar-refractivity contribution in [1.29, 1.82) is 0 Å². The lowest BCUT2D eigenvalue weighted by Crippen LogP contribution is -1.97. The maximum atomic E-state index is 14.4. The second-order valence-corrected chi connectivity index (χ2v) is 5.62. The molecule has 0 aliphatic heterocycles. The van der Waals surface area contributed by atoms with Crippen LogP contribution in [0.4, 0.5) is 22.0 Å². The first-order chi connectivity index (χ1) is 11.9. The fourth-order valence-electron chi connectivity index (χ4n) is 2.65. The molecule has 0 unspecified atom stereocenters. The lowest BCUT2D eigenvalue weighted by molar-refractivity contribution is 0.447. The Balaban J connectivity index is 2.09. The van der Waals surface area contributed by atoms with Crippen LogP contribution >= 0.6 is 0 Å². The van der Waals surface area contributed by atoms with Crippen molar-refractivity contribution in [3.63, 3.8) is 0 Å². The molecule has 0 nitrogen and oxygen atoms in total. The highest BCUT2D eigenvalue weighted by Crippen LogP contribution is 2.32. The van der Waals surface area contributed by atoms with Crippen LogP contribution in [0.5, 0.6) is 0 Å². The minimum atomic E-state index is -1.68. The predicted molar refractivity (Wildman–Crippen MR) is 86.5 cm³/mol. The summed E-state index contributed by atoms with van der Waals surface area (Å²) >= 11 is 0. The zero-order chi connectivity index (χ0) is 18.1. The van der Waals surface area contributed by atoms with Gasteiger partial charge in [0.05, 0.1) is 5.56 Å². The molecule has 0 aromatic heterocycles. The summed E-state index contributed by atoms with van der Waals surface area (Å²) in [5.41, 5.74) is 0.979. The smallest absolute Gasteiger partial charge is 0.194 e. The number of halogens is 5. The number of benzene rings is 3. The molecule has 5 heteroatoms. The van der Waals surface area contributed by atoms with Crippen molar-refractivity contribution < 1.29 is 22.0 Å². The molecular formula is C20H13F5. The van der Waals surface area contributed by atoms with Crippen molar-refractivity contribution in [2.45, 2.75) is 13.3 Å². The second kappa shape index (κ2) is 6.67. The quantitative estimate of drug-likeness (QED) is 0.386. The average molecular weight is 348 g/mol. The second-order valence-electron chi connectivity index (χ2n) is 5.62. The van der Waals surface area contributed by atoms with Crippen molar-refractivity contribution in [2.24, 2.45) is 0 Å². The molecule has 3 aromatic rings. The predicted octanol–water partition coefficient (Wildman–Crippen LogP) is 6.28. The molecule has 0 bridgehead atoms. The highest BCUT2D eigenvalue weighted by atomic mass is 19.2. The van der Waals surface area contributed by atoms with Gasteiger partial charge in [0.15, 0.2) is 17.5 Å². The molecule has 3 aromatic carbocycles. The van der Waals surface area contributed by atoms with Crippen LogP contribution in [-0.4, -0.2) is 0 Å². The van der Waals surface area contributed by atoms with Crippen LogP contribution in [0.1, 0.15) is 12.5 Å². The van der Waals surface area contributed by atoms with Gasteiger partial charge < -0.3 is 0 Å². The van der Waals surface area contributed by atoms with E-state index < -0.39 is 40.2 Å². The van der Waals surface area contributed by atoms with E-state index >= 15 is 0 Å². The summed E-state index contributed by atoms with van der Waals surface area (Å²) < 4.78 is 68.6. The molecule has 128 valence electrons. The third kappa shape index (κ3) is 3.27. The highest BCUT2D eigenvalue weighted by molar-refractivity contribution is 5.72. The topological polar surface area (TPSA) is 0 Å². The third-order valence-electron chi connectivity index (χ3n) is 4.01. The molecule has 0 saturated heterocycles. The maximum Gasteiger partial charge on any atom is 0.194 e. The lowest BCUT2D eigenvalue weighted by Gasteiger charge is -2.10. The molecule has 0 radical (unpaired) electrons. The van der Waals surface area contributed by atoms with Gasteiger partial charge in [0.1, 0.15) is 11.6 Å². The molecule has 0 spiro atoms. The van der Waals surface area contributed by atoms with E-state index in [0.29, 0.717) is 23.3 Å². The van der Waals surface area contributed by atoms with Gasteiger partial charge in [0.2, 0.25) is 0 Å². The third-order valence-corrected chi connectivity index (χ3v) is 4.01. The van der Waals surface area contributed by atoms with Crippen LogP contribution in [0, 0.1) is 29.1 Å². The first-order valence-corrected chi connectivity index (χ1v) is 7.64. The Kier molecular flexibility index (Phi) is 4.57. The van der Waals surface area contributed by atoms with Gasteiger partial charge in [-0.3, -0.25) is 0 Å². The van der Waals surface area contributed by atoms with Gasteiger partial charge in [-0.25, -0.2) is 22.0 Å². The van der Waals surface area contributed by atoms with Crippen LogP contribution < -0.4 is 0 Å². The first-order valence-electron chi connectivity index (χ1n) is 7.64. The monoisotopic (exact) mass is 348 g/mol. The Morgan fingerprint density at radius 3 is 1.56 bits per heavy atom. The summed E-state index contributed by atoms with van der Waals surface area (Å²) in [7, 11) is 0. The number of hydrogen-bond acceptors (Lipinski definition) is 0. The minimum absolute atomic E-state index is 0.296. The van der Waals surface area contributed by atoms with Crippen LogP contribution in [0.25, 0.3) is 22.3 Å². The summed E-state index contributed by atoms with van der Waals surface area (Å²) in [6, 6.07) is 10.5. The normalized spacial score (nSPS) is 11.0. The zero-order valence-corrected chi connectivity index (χ0v) is 13.2. The summed E-state index contributed by atoms with van der Waals surface area (Å²) in [5.74, 6) is -6.67. The molecule has 0 atom stereocenters. The number of rotatable bonds is 3. The molecule has 25 heavy (non-hydrogen) atoms.